The third-order valence-electron chi connectivity index (χ3n) is 4.99. The van der Waals surface area contributed by atoms with Crippen molar-refractivity contribution in [3.05, 3.63) is 42.6 Å². The van der Waals surface area contributed by atoms with Crippen molar-refractivity contribution in [3.8, 4) is 17.1 Å². The van der Waals surface area contributed by atoms with Gasteiger partial charge in [-0.25, -0.2) is 28.1 Å². The number of aliphatic hydroxyl groups is 1. The lowest BCUT2D eigenvalue weighted by molar-refractivity contribution is 0.0453. The predicted molar refractivity (Wildman–Crippen MR) is 105 cm³/mol. The second kappa shape index (κ2) is 7.50. The van der Waals surface area contributed by atoms with Crippen LogP contribution in [0.25, 0.3) is 17.1 Å². The number of hydrogen-bond donors (Lipinski definition) is 3. The summed E-state index contributed by atoms with van der Waals surface area (Å²) in [6.07, 6.45) is 5.23. The molecule has 0 spiro atoms. The zero-order chi connectivity index (χ0) is 20.6. The molecule has 0 unspecified atom stereocenters. The SMILES string of the molecule is Cc1ccc(S(=O)(=O)NCC2CC(O)C2)cc1-c1cnc(N)c(-n2cncn2)n1. The number of hydrogen-bond acceptors (Lipinski definition) is 8. The first-order chi connectivity index (χ1) is 13.8. The van der Waals surface area contributed by atoms with Crippen LogP contribution in [0.2, 0.25) is 0 Å². The highest BCUT2D eigenvalue weighted by molar-refractivity contribution is 7.89. The van der Waals surface area contributed by atoms with E-state index in [-0.39, 0.29) is 22.7 Å². The number of nitrogens with one attached hydrogen (secondary N) is 1. The maximum absolute atomic E-state index is 12.7. The van der Waals surface area contributed by atoms with Crippen LogP contribution < -0.4 is 10.5 Å². The third-order valence-corrected chi connectivity index (χ3v) is 6.41. The Morgan fingerprint density at radius 2 is 2.14 bits per heavy atom. The van der Waals surface area contributed by atoms with Crippen molar-refractivity contribution < 1.29 is 13.5 Å². The van der Waals surface area contributed by atoms with Gasteiger partial charge in [0.25, 0.3) is 0 Å². The lowest BCUT2D eigenvalue weighted by Gasteiger charge is -2.31. The first-order valence-electron chi connectivity index (χ1n) is 9.10. The van der Waals surface area contributed by atoms with E-state index >= 15 is 0 Å². The molecule has 0 amide bonds. The summed E-state index contributed by atoms with van der Waals surface area (Å²) in [5.74, 6) is 0.664. The maximum atomic E-state index is 12.7. The Hall–Kier alpha value is -2.89. The Labute approximate surface area is 167 Å². The number of nitrogen functional groups attached to an aromatic ring is 1. The molecule has 152 valence electrons. The van der Waals surface area contributed by atoms with Crippen molar-refractivity contribution in [1.29, 1.82) is 0 Å². The van der Waals surface area contributed by atoms with Gasteiger partial charge in [0.05, 0.1) is 22.9 Å². The number of nitrogens with two attached hydrogens (primary N) is 1. The molecule has 1 aliphatic rings. The molecule has 0 radical (unpaired) electrons. The van der Waals surface area contributed by atoms with Crippen LogP contribution in [-0.4, -0.2) is 50.9 Å². The molecule has 1 aliphatic carbocycles. The molecule has 0 saturated heterocycles. The molecule has 4 rings (SSSR count). The molecule has 2 heterocycles. The van der Waals surface area contributed by atoms with Crippen molar-refractivity contribution in [2.24, 2.45) is 5.92 Å². The molecule has 1 saturated carbocycles. The standard InChI is InChI=1S/C18H21N7O3S/c1-11-2-3-14(29(27,28)23-7-12-4-13(26)5-12)6-15(11)16-8-21-17(19)18(24-16)25-10-20-9-22-25/h2-3,6,8-10,12-13,23,26H,4-5,7H2,1H3,(H2,19,21). The Balaban J connectivity index is 1.64. The van der Waals surface area contributed by atoms with Crippen LogP contribution in [0.5, 0.6) is 0 Å². The van der Waals surface area contributed by atoms with Gasteiger partial charge in [-0.05, 0) is 43.4 Å². The summed E-state index contributed by atoms with van der Waals surface area (Å²) in [7, 11) is -3.69. The van der Waals surface area contributed by atoms with Crippen molar-refractivity contribution in [3.63, 3.8) is 0 Å². The number of aryl methyl sites for hydroxylation is 1. The highest BCUT2D eigenvalue weighted by atomic mass is 32.2. The minimum atomic E-state index is -3.69. The second-order valence-electron chi connectivity index (χ2n) is 7.12. The van der Waals surface area contributed by atoms with Crippen molar-refractivity contribution >= 4 is 15.8 Å². The fraction of sp³-hybridized carbons (Fsp3) is 0.333. The molecular weight excluding hydrogens is 394 g/mol. The fourth-order valence-corrected chi connectivity index (χ4v) is 4.37. The number of aliphatic hydroxyl groups excluding tert-OH is 1. The van der Waals surface area contributed by atoms with E-state index in [9.17, 15) is 13.5 Å². The van der Waals surface area contributed by atoms with Crippen LogP contribution >= 0.6 is 0 Å². The minimum Gasteiger partial charge on any atom is -0.393 e. The van der Waals surface area contributed by atoms with Crippen molar-refractivity contribution in [2.45, 2.75) is 30.8 Å². The molecule has 0 aliphatic heterocycles. The van der Waals surface area contributed by atoms with Crippen LogP contribution in [-0.2, 0) is 10.0 Å². The highest BCUT2D eigenvalue weighted by Gasteiger charge is 2.28. The summed E-state index contributed by atoms with van der Waals surface area (Å²) in [4.78, 5) is 12.7. The molecule has 3 aromatic rings. The molecule has 29 heavy (non-hydrogen) atoms. The lowest BCUT2D eigenvalue weighted by atomic mass is 9.83. The quantitative estimate of drug-likeness (QED) is 0.532. The van der Waals surface area contributed by atoms with E-state index in [0.29, 0.717) is 36.5 Å². The van der Waals surface area contributed by atoms with Crippen molar-refractivity contribution in [2.75, 3.05) is 12.3 Å². The van der Waals surface area contributed by atoms with Gasteiger partial charge in [-0.1, -0.05) is 6.07 Å². The van der Waals surface area contributed by atoms with Gasteiger partial charge in [-0.2, -0.15) is 9.78 Å². The number of sulfonamides is 1. The van der Waals surface area contributed by atoms with E-state index in [1.54, 1.807) is 18.2 Å². The first kappa shape index (κ1) is 19.4. The van der Waals surface area contributed by atoms with E-state index in [1.807, 2.05) is 6.92 Å². The molecule has 1 aromatic carbocycles. The zero-order valence-electron chi connectivity index (χ0n) is 15.7. The molecule has 0 atom stereocenters. The van der Waals surface area contributed by atoms with Crippen molar-refractivity contribution in [1.82, 2.24) is 29.5 Å². The van der Waals surface area contributed by atoms with Crippen LogP contribution in [0, 0.1) is 12.8 Å². The van der Waals surface area contributed by atoms with Crippen LogP contribution in [0.1, 0.15) is 18.4 Å². The molecule has 11 heteroatoms. The molecular formula is C18H21N7O3S. The largest absolute Gasteiger partial charge is 0.393 e. The van der Waals surface area contributed by atoms with Gasteiger partial charge >= 0.3 is 0 Å². The lowest BCUT2D eigenvalue weighted by Crippen LogP contribution is -2.38. The predicted octanol–water partition coefficient (Wildman–Crippen LogP) is 0.664. The Morgan fingerprint density at radius 1 is 1.34 bits per heavy atom. The summed E-state index contributed by atoms with van der Waals surface area (Å²) in [5.41, 5.74) is 7.85. The number of anilines is 1. The van der Waals surface area contributed by atoms with Crippen LogP contribution in [0.15, 0.2) is 41.9 Å². The molecule has 0 bridgehead atoms. The minimum absolute atomic E-state index is 0.138. The summed E-state index contributed by atoms with van der Waals surface area (Å²) >= 11 is 0. The van der Waals surface area contributed by atoms with Gasteiger partial charge in [-0.15, -0.1) is 0 Å². The second-order valence-corrected chi connectivity index (χ2v) is 8.89. The van der Waals surface area contributed by atoms with E-state index in [0.717, 1.165) is 5.56 Å². The zero-order valence-corrected chi connectivity index (χ0v) is 16.5. The Bertz CT molecular complexity index is 1130. The Kier molecular flexibility index (Phi) is 5.03. The van der Waals surface area contributed by atoms with Gasteiger partial charge in [0.1, 0.15) is 12.7 Å². The number of benzene rings is 1. The number of nitrogens with zero attached hydrogens (tertiary/aromatic N) is 5. The van der Waals surface area contributed by atoms with Gasteiger partial charge in [0, 0.05) is 12.1 Å². The normalized spacial score (nSPS) is 19.1. The average molecular weight is 415 g/mol. The average Bonchev–Trinajstić information content (AvgIpc) is 3.19. The molecule has 2 aromatic heterocycles. The first-order valence-corrected chi connectivity index (χ1v) is 10.6. The maximum Gasteiger partial charge on any atom is 0.240 e. The summed E-state index contributed by atoms with van der Waals surface area (Å²) in [5, 5.41) is 13.4. The van der Waals surface area contributed by atoms with Gasteiger partial charge < -0.3 is 10.8 Å². The van der Waals surface area contributed by atoms with Gasteiger partial charge in [-0.3, -0.25) is 0 Å². The molecule has 1 fully saturated rings. The van der Waals surface area contributed by atoms with Crippen LogP contribution in [0.4, 0.5) is 5.82 Å². The van der Waals surface area contributed by atoms with E-state index in [4.69, 9.17) is 5.73 Å². The van der Waals surface area contributed by atoms with Gasteiger partial charge in [0.2, 0.25) is 10.0 Å². The summed E-state index contributed by atoms with van der Waals surface area (Å²) in [6.45, 7) is 2.17. The van der Waals surface area contributed by atoms with Crippen LogP contribution in [0.3, 0.4) is 0 Å². The van der Waals surface area contributed by atoms with E-state index in [2.05, 4.69) is 24.8 Å². The number of rotatable bonds is 6. The van der Waals surface area contributed by atoms with E-state index in [1.165, 1.54) is 23.5 Å². The Morgan fingerprint density at radius 3 is 2.83 bits per heavy atom. The third kappa shape index (κ3) is 3.97. The monoisotopic (exact) mass is 415 g/mol. The highest BCUT2D eigenvalue weighted by Crippen LogP contribution is 2.28. The van der Waals surface area contributed by atoms with Gasteiger partial charge in [0.15, 0.2) is 11.6 Å². The smallest absolute Gasteiger partial charge is 0.240 e. The van der Waals surface area contributed by atoms with E-state index < -0.39 is 10.0 Å². The summed E-state index contributed by atoms with van der Waals surface area (Å²) < 4.78 is 29.4. The molecule has 10 nitrogen and oxygen atoms in total. The number of aromatic nitrogens is 5. The molecule has 4 N–H and O–H groups in total. The topological polar surface area (TPSA) is 149 Å². The fourth-order valence-electron chi connectivity index (χ4n) is 3.23. The summed E-state index contributed by atoms with van der Waals surface area (Å²) in [6, 6.07) is 4.85.